The normalized spacial score (nSPS) is 14.9. The highest BCUT2D eigenvalue weighted by Gasteiger charge is 2.29. The molecule has 0 aliphatic carbocycles. The van der Waals surface area contributed by atoms with Crippen LogP contribution < -0.4 is 14.2 Å². The molecule has 0 bridgehead atoms. The molecule has 1 saturated heterocycles. The molecule has 3 aromatic rings. The summed E-state index contributed by atoms with van der Waals surface area (Å²) in [6.45, 7) is 11.7. The topological polar surface area (TPSA) is 90.2 Å². The third-order valence-corrected chi connectivity index (χ3v) is 6.14. The van der Waals surface area contributed by atoms with Gasteiger partial charge in [-0.05, 0) is 39.8 Å². The van der Waals surface area contributed by atoms with E-state index in [4.69, 9.17) is 18.7 Å². The van der Waals surface area contributed by atoms with Gasteiger partial charge in [0.15, 0.2) is 11.5 Å². The molecule has 0 N–H and O–H groups in total. The maximum Gasteiger partial charge on any atom is 0.254 e. The number of benzene rings is 2. The molecule has 2 aromatic carbocycles. The molecule has 36 heavy (non-hydrogen) atoms. The van der Waals surface area contributed by atoms with E-state index < -0.39 is 0 Å². The van der Waals surface area contributed by atoms with Crippen LogP contribution >= 0.6 is 0 Å². The van der Waals surface area contributed by atoms with Crippen LogP contribution in [0, 0.1) is 0 Å². The maximum atomic E-state index is 13.4. The van der Waals surface area contributed by atoms with Gasteiger partial charge in [-0.2, -0.15) is 4.98 Å². The lowest BCUT2D eigenvalue weighted by Crippen LogP contribution is -2.49. The minimum atomic E-state index is -0.0589. The smallest absolute Gasteiger partial charge is 0.254 e. The monoisotopic (exact) mass is 494 g/mol. The maximum absolute atomic E-state index is 13.4. The largest absolute Gasteiger partial charge is 0.490 e. The van der Waals surface area contributed by atoms with Crippen LogP contribution in [0.2, 0.25) is 0 Å². The Bertz CT molecular complexity index is 1120. The van der Waals surface area contributed by atoms with E-state index in [0.717, 1.165) is 5.56 Å². The van der Waals surface area contributed by atoms with Gasteiger partial charge in [0.25, 0.3) is 5.91 Å². The zero-order valence-electron chi connectivity index (χ0n) is 21.4. The molecule has 0 saturated carbocycles. The molecule has 1 aliphatic rings. The predicted octanol–water partition coefficient (Wildman–Crippen LogP) is 4.45. The Morgan fingerprint density at radius 2 is 1.56 bits per heavy atom. The van der Waals surface area contributed by atoms with Crippen molar-refractivity contribution in [1.29, 1.82) is 0 Å². The van der Waals surface area contributed by atoms with E-state index in [1.807, 2.05) is 56.0 Å². The zero-order valence-corrected chi connectivity index (χ0v) is 21.4. The summed E-state index contributed by atoms with van der Waals surface area (Å²) in [7, 11) is 0. The Hall–Kier alpha value is -3.59. The number of ether oxygens (including phenoxy) is 3. The second kappa shape index (κ2) is 11.9. The van der Waals surface area contributed by atoms with Gasteiger partial charge in [0.05, 0.1) is 25.9 Å². The molecule has 1 amide bonds. The van der Waals surface area contributed by atoms with E-state index >= 15 is 0 Å². The van der Waals surface area contributed by atoms with E-state index in [9.17, 15) is 4.79 Å². The second-order valence-corrected chi connectivity index (χ2v) is 8.43. The van der Waals surface area contributed by atoms with Crippen molar-refractivity contribution in [3.8, 4) is 28.6 Å². The molecule has 192 valence electrons. The third-order valence-electron chi connectivity index (χ3n) is 6.14. The molecule has 1 aliphatic heterocycles. The molecule has 1 fully saturated rings. The Labute approximate surface area is 211 Å². The summed E-state index contributed by atoms with van der Waals surface area (Å²) in [4.78, 5) is 22.1. The van der Waals surface area contributed by atoms with Crippen LogP contribution in [0.4, 0.5) is 0 Å². The van der Waals surface area contributed by atoms with Gasteiger partial charge in [0.2, 0.25) is 17.5 Å². The molecule has 2 heterocycles. The first kappa shape index (κ1) is 25.5. The van der Waals surface area contributed by atoms with Crippen molar-refractivity contribution in [3.05, 3.63) is 53.9 Å². The Kier molecular flexibility index (Phi) is 8.43. The van der Waals surface area contributed by atoms with Crippen molar-refractivity contribution < 1.29 is 23.5 Å². The first-order valence-electron chi connectivity index (χ1n) is 12.5. The highest BCUT2D eigenvalue weighted by Crippen LogP contribution is 2.39. The average molecular weight is 495 g/mol. The molecule has 0 radical (unpaired) electrons. The minimum absolute atomic E-state index is 0.0493. The fourth-order valence-corrected chi connectivity index (χ4v) is 4.27. The van der Waals surface area contributed by atoms with Gasteiger partial charge in [-0.25, -0.2) is 0 Å². The van der Waals surface area contributed by atoms with Crippen LogP contribution in [0.1, 0.15) is 50.0 Å². The van der Waals surface area contributed by atoms with Crippen molar-refractivity contribution in [3.63, 3.8) is 0 Å². The lowest BCUT2D eigenvalue weighted by Gasteiger charge is -2.37. The Morgan fingerprint density at radius 3 is 2.14 bits per heavy atom. The number of aromatic nitrogens is 2. The van der Waals surface area contributed by atoms with E-state index in [1.54, 1.807) is 12.1 Å². The first-order valence-corrected chi connectivity index (χ1v) is 12.5. The molecule has 9 heteroatoms. The predicted molar refractivity (Wildman–Crippen MR) is 136 cm³/mol. The van der Waals surface area contributed by atoms with Crippen LogP contribution in [0.3, 0.4) is 0 Å². The summed E-state index contributed by atoms with van der Waals surface area (Å²) in [5, 5.41) is 4.14. The highest BCUT2D eigenvalue weighted by molar-refractivity contribution is 5.95. The van der Waals surface area contributed by atoms with E-state index in [0.29, 0.717) is 80.5 Å². The van der Waals surface area contributed by atoms with Crippen LogP contribution in [0.15, 0.2) is 47.0 Å². The molecule has 9 nitrogen and oxygen atoms in total. The van der Waals surface area contributed by atoms with Gasteiger partial charge in [0.1, 0.15) is 0 Å². The van der Waals surface area contributed by atoms with Gasteiger partial charge in [-0.3, -0.25) is 9.69 Å². The van der Waals surface area contributed by atoms with Gasteiger partial charge >= 0.3 is 0 Å². The lowest BCUT2D eigenvalue weighted by atomic mass is 10.1. The number of hydrogen-bond acceptors (Lipinski definition) is 8. The zero-order chi connectivity index (χ0) is 25.5. The quantitative estimate of drug-likeness (QED) is 0.408. The number of hydrogen-bond donors (Lipinski definition) is 0. The molecule has 4 rings (SSSR count). The van der Waals surface area contributed by atoms with Gasteiger partial charge in [-0.1, -0.05) is 35.5 Å². The van der Waals surface area contributed by atoms with Crippen molar-refractivity contribution in [1.82, 2.24) is 19.9 Å². The van der Waals surface area contributed by atoms with Crippen LogP contribution in [0.25, 0.3) is 11.4 Å². The van der Waals surface area contributed by atoms with Crippen molar-refractivity contribution in [2.24, 2.45) is 0 Å². The summed E-state index contributed by atoms with van der Waals surface area (Å²) in [6.07, 6.45) is 0. The molecular weight excluding hydrogens is 460 g/mol. The molecule has 1 aromatic heterocycles. The summed E-state index contributed by atoms with van der Waals surface area (Å²) in [5.74, 6) is 2.67. The third kappa shape index (κ3) is 5.62. The van der Waals surface area contributed by atoms with E-state index in [2.05, 4.69) is 22.0 Å². The number of rotatable bonds is 10. The summed E-state index contributed by atoms with van der Waals surface area (Å²) >= 11 is 0. The summed E-state index contributed by atoms with van der Waals surface area (Å²) in [5.41, 5.74) is 1.44. The summed E-state index contributed by atoms with van der Waals surface area (Å²) in [6, 6.07) is 13.2. The van der Waals surface area contributed by atoms with E-state index in [-0.39, 0.29) is 11.9 Å². The standard InChI is InChI=1S/C27H34N4O5/c1-5-33-22-17-21(18-23(34-6-2)24(22)35-7-3)27(32)31-15-13-30(14-16-31)19(4)26-28-25(29-36-26)20-11-9-8-10-12-20/h8-12,17-19H,5-7,13-16H2,1-4H3. The minimum Gasteiger partial charge on any atom is -0.490 e. The number of amides is 1. The van der Waals surface area contributed by atoms with Crippen LogP contribution in [-0.4, -0.2) is 71.8 Å². The van der Waals surface area contributed by atoms with E-state index in [1.165, 1.54) is 0 Å². The van der Waals surface area contributed by atoms with Crippen molar-refractivity contribution >= 4 is 5.91 Å². The fraction of sp³-hybridized carbons (Fsp3) is 0.444. The molecule has 1 unspecified atom stereocenters. The van der Waals surface area contributed by atoms with Gasteiger partial charge < -0.3 is 23.6 Å². The van der Waals surface area contributed by atoms with Gasteiger partial charge in [-0.15, -0.1) is 0 Å². The van der Waals surface area contributed by atoms with Crippen molar-refractivity contribution in [2.45, 2.75) is 33.7 Å². The molecule has 1 atom stereocenters. The highest BCUT2D eigenvalue weighted by atomic mass is 16.5. The average Bonchev–Trinajstić information content (AvgIpc) is 3.41. The number of carbonyl (C=O) groups excluding carboxylic acids is 1. The number of carbonyl (C=O) groups is 1. The number of nitrogens with zero attached hydrogens (tertiary/aromatic N) is 4. The Balaban J connectivity index is 1.44. The SMILES string of the molecule is CCOc1cc(C(=O)N2CCN(C(C)c3nc(-c4ccccc4)no3)CC2)cc(OCC)c1OCC. The van der Waals surface area contributed by atoms with Crippen LogP contribution in [-0.2, 0) is 0 Å². The fourth-order valence-electron chi connectivity index (χ4n) is 4.27. The van der Waals surface area contributed by atoms with Crippen LogP contribution in [0.5, 0.6) is 17.2 Å². The molecular formula is C27H34N4O5. The molecule has 0 spiro atoms. The second-order valence-electron chi connectivity index (χ2n) is 8.43. The lowest BCUT2D eigenvalue weighted by molar-refractivity contribution is 0.0550. The Morgan fingerprint density at radius 1 is 0.944 bits per heavy atom. The summed E-state index contributed by atoms with van der Waals surface area (Å²) < 4.78 is 22.9. The van der Waals surface area contributed by atoms with Gasteiger partial charge in [0, 0.05) is 37.3 Å². The number of piperazine rings is 1. The first-order chi connectivity index (χ1) is 17.5. The van der Waals surface area contributed by atoms with Crippen molar-refractivity contribution in [2.75, 3.05) is 46.0 Å².